The molecule has 0 atom stereocenters. The lowest BCUT2D eigenvalue weighted by atomic mass is 10.2. The molecule has 0 saturated carbocycles. The number of hydrogen-bond donors (Lipinski definition) is 3. The van der Waals surface area contributed by atoms with Gasteiger partial charge in [-0.15, -0.1) is 0 Å². The van der Waals surface area contributed by atoms with Gasteiger partial charge in [-0.25, -0.2) is 28.4 Å². The number of sulfone groups is 1. The number of hydrogen-bond acceptors (Lipinski definition) is 8. The Kier molecular flexibility index (Phi) is 4.86. The summed E-state index contributed by atoms with van der Waals surface area (Å²) in [5, 5.41) is 6.40. The molecule has 0 radical (unpaired) electrons. The summed E-state index contributed by atoms with van der Waals surface area (Å²) in [5.41, 5.74) is 3.10. The summed E-state index contributed by atoms with van der Waals surface area (Å²) in [4.78, 5) is 21.1. The van der Waals surface area contributed by atoms with E-state index in [2.05, 4.69) is 35.6 Å². The second-order valence-electron chi connectivity index (χ2n) is 7.03. The highest BCUT2D eigenvalue weighted by Crippen LogP contribution is 2.31. The van der Waals surface area contributed by atoms with Crippen molar-refractivity contribution in [3.05, 3.63) is 53.7 Å². The zero-order valence-electron chi connectivity index (χ0n) is 17.0. The van der Waals surface area contributed by atoms with E-state index < -0.39 is 9.84 Å². The Balaban J connectivity index is 1.80. The van der Waals surface area contributed by atoms with E-state index in [1.165, 1.54) is 6.26 Å². The van der Waals surface area contributed by atoms with Gasteiger partial charge in [0.05, 0.1) is 16.3 Å². The summed E-state index contributed by atoms with van der Waals surface area (Å²) >= 11 is 0. The van der Waals surface area contributed by atoms with E-state index in [1.54, 1.807) is 30.3 Å². The van der Waals surface area contributed by atoms with Crippen LogP contribution in [0.2, 0.25) is 0 Å². The van der Waals surface area contributed by atoms with E-state index in [4.69, 9.17) is 0 Å². The highest BCUT2D eigenvalue weighted by Gasteiger charge is 2.16. The Labute approximate surface area is 173 Å². The quantitative estimate of drug-likeness (QED) is 0.445. The summed E-state index contributed by atoms with van der Waals surface area (Å²) in [6.07, 6.45) is 1.18. The maximum Gasteiger partial charge on any atom is 0.177 e. The molecular formula is C20H21N7O2S. The van der Waals surface area contributed by atoms with Crippen molar-refractivity contribution in [2.24, 2.45) is 0 Å². The van der Waals surface area contributed by atoms with Crippen molar-refractivity contribution in [1.29, 1.82) is 0 Å². The summed E-state index contributed by atoms with van der Waals surface area (Å²) in [5.74, 6) is 2.49. The number of imidazole rings is 1. The van der Waals surface area contributed by atoms with Gasteiger partial charge in [-0.1, -0.05) is 12.1 Å². The van der Waals surface area contributed by atoms with E-state index in [-0.39, 0.29) is 4.90 Å². The zero-order chi connectivity index (χ0) is 21.5. The first kappa shape index (κ1) is 19.8. The Morgan fingerprint density at radius 3 is 2.33 bits per heavy atom. The van der Waals surface area contributed by atoms with Crippen LogP contribution in [0.15, 0.2) is 41.3 Å². The average molecular weight is 424 g/mol. The molecule has 3 heterocycles. The largest absolute Gasteiger partial charge is 0.352 e. The van der Waals surface area contributed by atoms with Gasteiger partial charge in [0.15, 0.2) is 15.5 Å². The molecule has 0 aliphatic heterocycles. The first-order valence-corrected chi connectivity index (χ1v) is 11.1. The number of anilines is 4. The van der Waals surface area contributed by atoms with Crippen LogP contribution in [0.1, 0.15) is 17.3 Å². The van der Waals surface area contributed by atoms with Crippen LogP contribution < -0.4 is 10.6 Å². The van der Waals surface area contributed by atoms with Crippen molar-refractivity contribution < 1.29 is 8.42 Å². The molecular weight excluding hydrogens is 402 g/mol. The lowest BCUT2D eigenvalue weighted by Crippen LogP contribution is -2.04. The van der Waals surface area contributed by atoms with Gasteiger partial charge in [0, 0.05) is 24.1 Å². The molecule has 30 heavy (non-hydrogen) atoms. The molecule has 3 N–H and O–H groups in total. The van der Waals surface area contributed by atoms with Crippen LogP contribution in [0.3, 0.4) is 0 Å². The normalized spacial score (nSPS) is 11.6. The first-order chi connectivity index (χ1) is 14.2. The molecule has 4 rings (SSSR count). The highest BCUT2D eigenvalue weighted by molar-refractivity contribution is 7.90. The number of rotatable bonds is 5. The fourth-order valence-corrected chi connectivity index (χ4v) is 4.06. The van der Waals surface area contributed by atoms with E-state index >= 15 is 0 Å². The third-order valence-electron chi connectivity index (χ3n) is 4.35. The topological polar surface area (TPSA) is 126 Å². The third-order valence-corrected chi connectivity index (χ3v) is 5.50. The SMILES string of the molecule is Cc1cc(Nc2cc(Nc3ccccc3S(C)(=O)=O)c3nc(C)[nH]c3n2)nc(C)n1. The molecule has 0 aliphatic rings. The summed E-state index contributed by atoms with van der Waals surface area (Å²) in [7, 11) is -3.41. The van der Waals surface area contributed by atoms with Gasteiger partial charge < -0.3 is 15.6 Å². The standard InChI is InChI=1S/C20H21N7O2S/c1-11-9-17(22-12(2)21-11)26-18-10-15(19-20(27-18)24-13(3)23-19)25-14-7-5-6-8-16(14)30(4,28)29/h5-10H,1-4H3,(H3,21,22,23,24,25,26,27). The lowest BCUT2D eigenvalue weighted by molar-refractivity contribution is 0.602. The molecule has 154 valence electrons. The molecule has 0 fully saturated rings. The molecule has 0 bridgehead atoms. The Morgan fingerprint density at radius 2 is 1.60 bits per heavy atom. The number of para-hydroxylation sites is 1. The van der Waals surface area contributed by atoms with Crippen molar-refractivity contribution in [3.8, 4) is 0 Å². The number of aromatic nitrogens is 5. The summed E-state index contributed by atoms with van der Waals surface area (Å²) in [6.45, 7) is 5.55. The van der Waals surface area contributed by atoms with Gasteiger partial charge >= 0.3 is 0 Å². The third kappa shape index (κ3) is 4.08. The van der Waals surface area contributed by atoms with Crippen molar-refractivity contribution in [1.82, 2.24) is 24.9 Å². The zero-order valence-corrected chi connectivity index (χ0v) is 17.8. The molecule has 0 unspecified atom stereocenters. The Bertz CT molecular complexity index is 1340. The van der Waals surface area contributed by atoms with Crippen LogP contribution in [-0.4, -0.2) is 39.6 Å². The number of nitrogens with one attached hydrogen (secondary N) is 3. The average Bonchev–Trinajstić information content (AvgIpc) is 3.01. The van der Waals surface area contributed by atoms with E-state index in [0.717, 1.165) is 5.69 Å². The molecule has 1 aromatic carbocycles. The minimum Gasteiger partial charge on any atom is -0.352 e. The number of benzene rings is 1. The second kappa shape index (κ2) is 7.38. The van der Waals surface area contributed by atoms with Crippen LogP contribution in [0, 0.1) is 20.8 Å². The number of aryl methyl sites for hydroxylation is 3. The molecule has 4 aromatic rings. The van der Waals surface area contributed by atoms with Crippen LogP contribution in [0.5, 0.6) is 0 Å². The smallest absolute Gasteiger partial charge is 0.177 e. The molecule has 0 amide bonds. The van der Waals surface area contributed by atoms with E-state index in [1.807, 2.05) is 26.8 Å². The maximum atomic E-state index is 12.2. The molecule has 10 heteroatoms. The number of aromatic amines is 1. The van der Waals surface area contributed by atoms with Gasteiger partial charge in [-0.3, -0.25) is 0 Å². The first-order valence-electron chi connectivity index (χ1n) is 9.22. The minimum absolute atomic E-state index is 0.207. The van der Waals surface area contributed by atoms with Gasteiger partial charge in [-0.05, 0) is 32.9 Å². The van der Waals surface area contributed by atoms with E-state index in [0.29, 0.717) is 45.8 Å². The summed E-state index contributed by atoms with van der Waals surface area (Å²) in [6, 6.07) is 10.3. The molecule has 3 aromatic heterocycles. The molecule has 0 spiro atoms. The number of pyridine rings is 1. The van der Waals surface area contributed by atoms with Gasteiger partial charge in [-0.2, -0.15) is 0 Å². The van der Waals surface area contributed by atoms with Crippen LogP contribution >= 0.6 is 0 Å². The predicted octanol–water partition coefficient (Wildman–Crippen LogP) is 3.56. The maximum absolute atomic E-state index is 12.2. The lowest BCUT2D eigenvalue weighted by Gasteiger charge is -2.13. The van der Waals surface area contributed by atoms with Crippen LogP contribution in [-0.2, 0) is 9.84 Å². The van der Waals surface area contributed by atoms with Gasteiger partial charge in [0.2, 0.25) is 0 Å². The van der Waals surface area contributed by atoms with Crippen molar-refractivity contribution >= 4 is 44.0 Å². The predicted molar refractivity (Wildman–Crippen MR) is 116 cm³/mol. The molecule has 9 nitrogen and oxygen atoms in total. The van der Waals surface area contributed by atoms with Crippen molar-refractivity contribution in [2.45, 2.75) is 25.7 Å². The monoisotopic (exact) mass is 423 g/mol. The number of nitrogens with zero attached hydrogens (tertiary/aromatic N) is 4. The Morgan fingerprint density at radius 1 is 0.867 bits per heavy atom. The van der Waals surface area contributed by atoms with Gasteiger partial charge in [0.1, 0.15) is 28.8 Å². The van der Waals surface area contributed by atoms with Gasteiger partial charge in [0.25, 0.3) is 0 Å². The van der Waals surface area contributed by atoms with Crippen molar-refractivity contribution in [3.63, 3.8) is 0 Å². The van der Waals surface area contributed by atoms with Crippen LogP contribution in [0.25, 0.3) is 11.2 Å². The highest BCUT2D eigenvalue weighted by atomic mass is 32.2. The fourth-order valence-electron chi connectivity index (χ4n) is 3.22. The molecule has 0 saturated heterocycles. The second-order valence-corrected chi connectivity index (χ2v) is 9.02. The summed E-state index contributed by atoms with van der Waals surface area (Å²) < 4.78 is 24.4. The fraction of sp³-hybridized carbons (Fsp3) is 0.200. The van der Waals surface area contributed by atoms with E-state index in [9.17, 15) is 8.42 Å². The minimum atomic E-state index is -3.41. The Hall–Kier alpha value is -3.53. The number of H-pyrrole nitrogens is 1. The van der Waals surface area contributed by atoms with Crippen LogP contribution in [0.4, 0.5) is 23.0 Å². The number of fused-ring (bicyclic) bond motifs is 1. The molecule has 0 aliphatic carbocycles. The van der Waals surface area contributed by atoms with Crippen molar-refractivity contribution in [2.75, 3.05) is 16.9 Å².